The summed E-state index contributed by atoms with van der Waals surface area (Å²) in [7, 11) is 1.67. The molecule has 2 N–H and O–H groups in total. The van der Waals surface area contributed by atoms with Crippen molar-refractivity contribution in [1.82, 2.24) is 0 Å². The fraction of sp³-hybridized carbons (Fsp3) is 0.217. The zero-order valence-electron chi connectivity index (χ0n) is 15.8. The minimum Gasteiger partial charge on any atom is -0.493 e. The predicted octanol–water partition coefficient (Wildman–Crippen LogP) is 4.65. The second-order valence-electron chi connectivity index (χ2n) is 7.04. The van der Waals surface area contributed by atoms with Gasteiger partial charge in [0.2, 0.25) is 0 Å². The normalized spacial score (nSPS) is 18.9. The number of rotatable bonds is 4. The highest BCUT2D eigenvalue weighted by Crippen LogP contribution is 2.38. The SMILES string of the molecule is COC1=C(C)CCC2=C1OCC(C1=CC=C(c3ccc(C(=O)O)cc3)C1=N)=C2. The van der Waals surface area contributed by atoms with Crippen LogP contribution in [0.1, 0.15) is 35.7 Å². The topological polar surface area (TPSA) is 79.6 Å². The van der Waals surface area contributed by atoms with Gasteiger partial charge in [-0.05, 0) is 60.3 Å². The molecule has 2 aliphatic carbocycles. The molecule has 0 radical (unpaired) electrons. The van der Waals surface area contributed by atoms with Gasteiger partial charge in [-0.25, -0.2) is 4.79 Å². The van der Waals surface area contributed by atoms with E-state index in [9.17, 15) is 4.79 Å². The number of ether oxygens (including phenoxy) is 2. The quantitative estimate of drug-likeness (QED) is 0.803. The second-order valence-corrected chi connectivity index (χ2v) is 7.04. The number of carboxylic acids is 1. The van der Waals surface area contributed by atoms with Crippen molar-refractivity contribution in [1.29, 1.82) is 5.41 Å². The van der Waals surface area contributed by atoms with E-state index in [2.05, 4.69) is 13.0 Å². The standard InChI is InChI=1S/C23H21NO4/c1-13-3-4-16-11-17(12-28-22(16)21(13)27-2)19-10-9-18(20(19)24)14-5-7-15(8-6-14)23(25)26/h5-11,24H,3-4,12H2,1-2H3,(H,25,26). The number of methoxy groups -OCH3 is 1. The summed E-state index contributed by atoms with van der Waals surface area (Å²) in [6.45, 7) is 2.46. The molecule has 3 aliphatic rings. The lowest BCUT2D eigenvalue weighted by molar-refractivity contribution is 0.0697. The minimum absolute atomic E-state index is 0.236. The zero-order chi connectivity index (χ0) is 19.8. The summed E-state index contributed by atoms with van der Waals surface area (Å²) < 4.78 is 11.5. The van der Waals surface area contributed by atoms with Crippen molar-refractivity contribution in [3.05, 3.63) is 87.4 Å². The molecule has 28 heavy (non-hydrogen) atoms. The molecule has 0 spiro atoms. The van der Waals surface area contributed by atoms with E-state index in [0.29, 0.717) is 12.3 Å². The number of carboxylic acid groups (broad SMARTS) is 1. The Hall–Kier alpha value is -3.34. The first-order valence-electron chi connectivity index (χ1n) is 9.15. The maximum Gasteiger partial charge on any atom is 0.335 e. The van der Waals surface area contributed by atoms with Gasteiger partial charge in [-0.2, -0.15) is 0 Å². The number of nitrogens with one attached hydrogen (secondary N) is 1. The van der Waals surface area contributed by atoms with Crippen molar-refractivity contribution >= 4 is 17.3 Å². The molecular weight excluding hydrogens is 354 g/mol. The van der Waals surface area contributed by atoms with Gasteiger partial charge in [0, 0.05) is 11.1 Å². The summed E-state index contributed by atoms with van der Waals surface area (Å²) in [5, 5.41) is 17.7. The Kier molecular flexibility index (Phi) is 4.51. The summed E-state index contributed by atoms with van der Waals surface area (Å²) in [6.07, 6.45) is 7.80. The third-order valence-electron chi connectivity index (χ3n) is 5.32. The van der Waals surface area contributed by atoms with E-state index in [1.807, 2.05) is 12.2 Å². The van der Waals surface area contributed by atoms with Crippen LogP contribution in [-0.4, -0.2) is 30.5 Å². The summed E-state index contributed by atoms with van der Waals surface area (Å²) in [4.78, 5) is 11.0. The van der Waals surface area contributed by atoms with Crippen LogP contribution in [0.4, 0.5) is 0 Å². The van der Waals surface area contributed by atoms with E-state index in [1.54, 1.807) is 31.4 Å². The van der Waals surface area contributed by atoms with Gasteiger partial charge in [0.25, 0.3) is 0 Å². The number of hydrogen-bond acceptors (Lipinski definition) is 4. The van der Waals surface area contributed by atoms with E-state index in [-0.39, 0.29) is 5.56 Å². The van der Waals surface area contributed by atoms with Crippen LogP contribution in [0.3, 0.4) is 0 Å². The van der Waals surface area contributed by atoms with Crippen molar-refractivity contribution in [2.24, 2.45) is 0 Å². The molecular formula is C23H21NO4. The van der Waals surface area contributed by atoms with Gasteiger partial charge in [-0.1, -0.05) is 24.3 Å². The molecule has 0 saturated carbocycles. The average molecular weight is 375 g/mol. The summed E-state index contributed by atoms with van der Waals surface area (Å²) in [5.41, 5.74) is 6.40. The summed E-state index contributed by atoms with van der Waals surface area (Å²) in [6, 6.07) is 6.61. The van der Waals surface area contributed by atoms with E-state index in [4.69, 9.17) is 20.0 Å². The first-order valence-corrected chi connectivity index (χ1v) is 9.15. The van der Waals surface area contributed by atoms with E-state index >= 15 is 0 Å². The lowest BCUT2D eigenvalue weighted by atomic mass is 9.90. The number of aromatic carboxylic acids is 1. The molecule has 0 fully saturated rings. The first-order chi connectivity index (χ1) is 13.5. The highest BCUT2D eigenvalue weighted by atomic mass is 16.5. The van der Waals surface area contributed by atoms with Crippen molar-refractivity contribution in [3.8, 4) is 0 Å². The van der Waals surface area contributed by atoms with Crippen LogP contribution >= 0.6 is 0 Å². The Morgan fingerprint density at radius 2 is 1.86 bits per heavy atom. The molecule has 1 aliphatic heterocycles. The number of hydrogen-bond donors (Lipinski definition) is 2. The van der Waals surface area contributed by atoms with Gasteiger partial charge in [-0.3, -0.25) is 5.41 Å². The molecule has 0 saturated heterocycles. The Bertz CT molecular complexity index is 1030. The molecule has 4 rings (SSSR count). The highest BCUT2D eigenvalue weighted by molar-refractivity contribution is 6.34. The van der Waals surface area contributed by atoms with Crippen molar-refractivity contribution in [3.63, 3.8) is 0 Å². The van der Waals surface area contributed by atoms with E-state index in [1.165, 1.54) is 5.57 Å². The van der Waals surface area contributed by atoms with Crippen LogP contribution in [-0.2, 0) is 9.47 Å². The third kappa shape index (κ3) is 2.99. The lowest BCUT2D eigenvalue weighted by Crippen LogP contribution is -2.17. The fourth-order valence-corrected chi connectivity index (χ4v) is 3.79. The van der Waals surface area contributed by atoms with Crippen LogP contribution in [0, 0.1) is 5.41 Å². The largest absolute Gasteiger partial charge is 0.493 e. The van der Waals surface area contributed by atoms with Crippen LogP contribution in [0.2, 0.25) is 0 Å². The van der Waals surface area contributed by atoms with Gasteiger partial charge < -0.3 is 14.6 Å². The molecule has 0 aromatic heterocycles. The maximum absolute atomic E-state index is 11.0. The molecule has 1 aromatic rings. The summed E-state index contributed by atoms with van der Waals surface area (Å²) >= 11 is 0. The van der Waals surface area contributed by atoms with Gasteiger partial charge >= 0.3 is 5.97 Å². The predicted molar refractivity (Wildman–Crippen MR) is 107 cm³/mol. The minimum atomic E-state index is -0.957. The number of benzene rings is 1. The van der Waals surface area contributed by atoms with E-state index in [0.717, 1.165) is 52.2 Å². The fourth-order valence-electron chi connectivity index (χ4n) is 3.79. The molecule has 5 heteroatoms. The first kappa shape index (κ1) is 18.0. The van der Waals surface area contributed by atoms with Gasteiger partial charge in [0.05, 0.1) is 18.4 Å². The Morgan fingerprint density at radius 3 is 2.54 bits per heavy atom. The van der Waals surface area contributed by atoms with Gasteiger partial charge in [0.1, 0.15) is 6.61 Å². The molecule has 0 bridgehead atoms. The number of allylic oxidation sites excluding steroid dienone is 6. The lowest BCUT2D eigenvalue weighted by Gasteiger charge is -2.27. The average Bonchev–Trinajstić information content (AvgIpc) is 3.09. The highest BCUT2D eigenvalue weighted by Gasteiger charge is 2.28. The third-order valence-corrected chi connectivity index (χ3v) is 5.32. The monoisotopic (exact) mass is 375 g/mol. The van der Waals surface area contributed by atoms with Crippen molar-refractivity contribution < 1.29 is 19.4 Å². The Labute approximate surface area is 163 Å². The number of carbonyl (C=O) groups is 1. The smallest absolute Gasteiger partial charge is 0.335 e. The summed E-state index contributed by atoms with van der Waals surface area (Å²) in [5.74, 6) is 0.684. The Morgan fingerprint density at radius 1 is 1.14 bits per heavy atom. The zero-order valence-corrected chi connectivity index (χ0v) is 15.8. The Balaban J connectivity index is 1.58. The molecule has 0 amide bonds. The van der Waals surface area contributed by atoms with Crippen LogP contribution in [0.15, 0.2) is 76.3 Å². The maximum atomic E-state index is 11.0. The second kappa shape index (κ2) is 7.00. The molecule has 142 valence electrons. The van der Waals surface area contributed by atoms with Gasteiger partial charge in [0.15, 0.2) is 11.5 Å². The van der Waals surface area contributed by atoms with E-state index < -0.39 is 5.97 Å². The van der Waals surface area contributed by atoms with Crippen molar-refractivity contribution in [2.45, 2.75) is 19.8 Å². The van der Waals surface area contributed by atoms with Crippen LogP contribution in [0.5, 0.6) is 0 Å². The molecule has 1 heterocycles. The van der Waals surface area contributed by atoms with Gasteiger partial charge in [-0.15, -0.1) is 0 Å². The van der Waals surface area contributed by atoms with Crippen molar-refractivity contribution in [2.75, 3.05) is 13.7 Å². The van der Waals surface area contributed by atoms with Crippen LogP contribution < -0.4 is 0 Å². The molecule has 5 nitrogen and oxygen atoms in total. The molecule has 0 atom stereocenters. The molecule has 0 unspecified atom stereocenters. The van der Waals surface area contributed by atoms with Crippen LogP contribution in [0.25, 0.3) is 5.57 Å². The molecule has 1 aromatic carbocycles.